The summed E-state index contributed by atoms with van der Waals surface area (Å²) in [7, 11) is 0. The molecule has 0 aliphatic carbocycles. The molecule has 0 saturated heterocycles. The lowest BCUT2D eigenvalue weighted by molar-refractivity contribution is -0.0658. The highest BCUT2D eigenvalue weighted by atomic mass is 16.5. The van der Waals surface area contributed by atoms with Crippen molar-refractivity contribution in [2.45, 2.75) is 51.5 Å². The van der Waals surface area contributed by atoms with Gasteiger partial charge in [0.1, 0.15) is 17.5 Å². The second-order valence-electron chi connectivity index (χ2n) is 5.81. The average Bonchev–Trinajstić information content (AvgIpc) is 2.34. The van der Waals surface area contributed by atoms with Crippen LogP contribution in [0.2, 0.25) is 0 Å². The quantitative estimate of drug-likeness (QED) is 0.855. The van der Waals surface area contributed by atoms with E-state index in [4.69, 9.17) is 10.00 Å². The zero-order valence-electron chi connectivity index (χ0n) is 11.8. The van der Waals surface area contributed by atoms with Crippen LogP contribution in [0.15, 0.2) is 18.2 Å². The van der Waals surface area contributed by atoms with Gasteiger partial charge in [-0.05, 0) is 32.0 Å². The van der Waals surface area contributed by atoms with E-state index in [0.29, 0.717) is 5.56 Å². The number of benzene rings is 1. The number of aliphatic hydroxyl groups excluding tert-OH is 1. The minimum atomic E-state index is -0.670. The van der Waals surface area contributed by atoms with Gasteiger partial charge in [0.2, 0.25) is 0 Å². The minimum Gasteiger partial charge on any atom is -0.485 e. The molecule has 4 heteroatoms. The van der Waals surface area contributed by atoms with Crippen molar-refractivity contribution in [3.8, 4) is 11.8 Å². The fourth-order valence-electron chi connectivity index (χ4n) is 2.41. The Kier molecular flexibility index (Phi) is 3.53. The van der Waals surface area contributed by atoms with E-state index in [2.05, 4.69) is 11.4 Å². The van der Waals surface area contributed by atoms with E-state index in [0.717, 1.165) is 11.3 Å². The molecule has 19 heavy (non-hydrogen) atoms. The zero-order chi connectivity index (χ0) is 14.2. The number of ether oxygens (including phenoxy) is 1. The molecule has 0 bridgehead atoms. The first-order chi connectivity index (χ1) is 8.85. The SMILES string of the molecule is CC(C)N[C@H]1c2cc(C#N)ccc2OC(C)(C)[C@@H]1O. The first kappa shape index (κ1) is 13.9. The van der Waals surface area contributed by atoms with Gasteiger partial charge in [-0.1, -0.05) is 13.8 Å². The van der Waals surface area contributed by atoms with E-state index in [1.165, 1.54) is 0 Å². The lowest BCUT2D eigenvalue weighted by Crippen LogP contribution is -2.53. The van der Waals surface area contributed by atoms with Crippen LogP contribution in [-0.2, 0) is 0 Å². The summed E-state index contributed by atoms with van der Waals surface area (Å²) < 4.78 is 5.84. The average molecular weight is 260 g/mol. The van der Waals surface area contributed by atoms with Crippen LogP contribution in [0.25, 0.3) is 0 Å². The van der Waals surface area contributed by atoms with E-state index in [-0.39, 0.29) is 12.1 Å². The maximum atomic E-state index is 10.5. The number of nitriles is 1. The molecule has 2 N–H and O–H groups in total. The van der Waals surface area contributed by atoms with Gasteiger partial charge in [0, 0.05) is 11.6 Å². The van der Waals surface area contributed by atoms with Crippen LogP contribution < -0.4 is 10.1 Å². The number of aliphatic hydroxyl groups is 1. The molecule has 1 aliphatic rings. The van der Waals surface area contributed by atoms with Crippen molar-refractivity contribution in [2.24, 2.45) is 0 Å². The van der Waals surface area contributed by atoms with Crippen molar-refractivity contribution in [3.05, 3.63) is 29.3 Å². The third-order valence-corrected chi connectivity index (χ3v) is 3.39. The molecule has 0 radical (unpaired) electrons. The second kappa shape index (κ2) is 4.84. The molecule has 0 spiro atoms. The van der Waals surface area contributed by atoms with E-state index in [1.54, 1.807) is 18.2 Å². The van der Waals surface area contributed by atoms with Crippen LogP contribution in [0, 0.1) is 11.3 Å². The van der Waals surface area contributed by atoms with Gasteiger partial charge in [-0.2, -0.15) is 5.26 Å². The molecular formula is C15H20N2O2. The van der Waals surface area contributed by atoms with Gasteiger partial charge in [-0.3, -0.25) is 0 Å². The predicted octanol–water partition coefficient (Wildman–Crippen LogP) is 2.13. The van der Waals surface area contributed by atoms with Crippen LogP contribution >= 0.6 is 0 Å². The lowest BCUT2D eigenvalue weighted by atomic mass is 9.85. The highest BCUT2D eigenvalue weighted by Gasteiger charge is 2.42. The molecule has 1 aromatic carbocycles. The fourth-order valence-corrected chi connectivity index (χ4v) is 2.41. The van der Waals surface area contributed by atoms with Crippen LogP contribution in [0.3, 0.4) is 0 Å². The van der Waals surface area contributed by atoms with Crippen LogP contribution in [-0.4, -0.2) is 22.9 Å². The van der Waals surface area contributed by atoms with Crippen molar-refractivity contribution in [2.75, 3.05) is 0 Å². The van der Waals surface area contributed by atoms with Crippen molar-refractivity contribution in [1.82, 2.24) is 5.32 Å². The number of rotatable bonds is 2. The number of hydrogen-bond acceptors (Lipinski definition) is 4. The van der Waals surface area contributed by atoms with Crippen molar-refractivity contribution in [3.63, 3.8) is 0 Å². The first-order valence-corrected chi connectivity index (χ1v) is 6.52. The molecule has 4 nitrogen and oxygen atoms in total. The van der Waals surface area contributed by atoms with E-state index in [1.807, 2.05) is 27.7 Å². The molecule has 0 amide bonds. The summed E-state index contributed by atoms with van der Waals surface area (Å²) in [6.07, 6.45) is -0.670. The topological polar surface area (TPSA) is 65.3 Å². The Hall–Kier alpha value is -1.57. The molecule has 102 valence electrons. The van der Waals surface area contributed by atoms with Gasteiger partial charge in [0.05, 0.1) is 17.7 Å². The van der Waals surface area contributed by atoms with E-state index >= 15 is 0 Å². The molecule has 2 rings (SSSR count). The van der Waals surface area contributed by atoms with Gasteiger partial charge in [0.25, 0.3) is 0 Å². The lowest BCUT2D eigenvalue weighted by Gasteiger charge is -2.43. The standard InChI is InChI=1S/C15H20N2O2/c1-9(2)17-13-11-7-10(8-16)5-6-12(11)19-15(3,4)14(13)18/h5-7,9,13-14,17-18H,1-4H3/t13-,14+/m0/s1. The molecule has 0 fully saturated rings. The number of nitrogens with zero attached hydrogens (tertiary/aromatic N) is 1. The van der Waals surface area contributed by atoms with Gasteiger partial charge in [-0.15, -0.1) is 0 Å². The Labute approximate surface area is 114 Å². The van der Waals surface area contributed by atoms with E-state index in [9.17, 15) is 5.11 Å². The van der Waals surface area contributed by atoms with Gasteiger partial charge >= 0.3 is 0 Å². The monoisotopic (exact) mass is 260 g/mol. The van der Waals surface area contributed by atoms with Gasteiger partial charge in [0.15, 0.2) is 0 Å². The highest BCUT2D eigenvalue weighted by molar-refractivity contribution is 5.46. The number of fused-ring (bicyclic) bond motifs is 1. The summed E-state index contributed by atoms with van der Waals surface area (Å²) in [5.74, 6) is 0.729. The third-order valence-electron chi connectivity index (χ3n) is 3.39. The van der Waals surface area contributed by atoms with Crippen LogP contribution in [0.1, 0.15) is 44.9 Å². The van der Waals surface area contributed by atoms with Gasteiger partial charge in [-0.25, -0.2) is 0 Å². The summed E-state index contributed by atoms with van der Waals surface area (Å²) in [4.78, 5) is 0. The first-order valence-electron chi connectivity index (χ1n) is 6.52. The normalized spacial score (nSPS) is 24.5. The van der Waals surface area contributed by atoms with Crippen LogP contribution in [0.4, 0.5) is 0 Å². The maximum absolute atomic E-state index is 10.5. The van der Waals surface area contributed by atoms with E-state index < -0.39 is 11.7 Å². The summed E-state index contributed by atoms with van der Waals surface area (Å²) in [6, 6.07) is 7.44. The van der Waals surface area contributed by atoms with Gasteiger partial charge < -0.3 is 15.2 Å². The molecular weight excluding hydrogens is 240 g/mol. The second-order valence-corrected chi connectivity index (χ2v) is 5.81. The van der Waals surface area contributed by atoms with Crippen molar-refractivity contribution < 1.29 is 9.84 Å². The molecule has 0 aromatic heterocycles. The number of hydrogen-bond donors (Lipinski definition) is 2. The predicted molar refractivity (Wildman–Crippen MR) is 72.9 cm³/mol. The third kappa shape index (κ3) is 2.58. The molecule has 1 heterocycles. The Balaban J connectivity index is 2.49. The zero-order valence-corrected chi connectivity index (χ0v) is 11.8. The van der Waals surface area contributed by atoms with Crippen molar-refractivity contribution in [1.29, 1.82) is 5.26 Å². The fraction of sp³-hybridized carbons (Fsp3) is 0.533. The summed E-state index contributed by atoms with van der Waals surface area (Å²) >= 11 is 0. The Morgan fingerprint density at radius 2 is 2.11 bits per heavy atom. The highest BCUT2D eigenvalue weighted by Crippen LogP contribution is 2.40. The van der Waals surface area contributed by atoms with Crippen LogP contribution in [0.5, 0.6) is 5.75 Å². The van der Waals surface area contributed by atoms with Crippen molar-refractivity contribution >= 4 is 0 Å². The summed E-state index contributed by atoms with van der Waals surface area (Å²) in [5, 5.41) is 22.8. The largest absolute Gasteiger partial charge is 0.485 e. The molecule has 0 unspecified atom stereocenters. The molecule has 1 aliphatic heterocycles. The Morgan fingerprint density at radius 3 is 2.68 bits per heavy atom. The minimum absolute atomic E-state index is 0.229. The smallest absolute Gasteiger partial charge is 0.131 e. The molecule has 1 aromatic rings. The molecule has 2 atom stereocenters. The Bertz CT molecular complexity index is 517. The summed E-state index contributed by atoms with van der Waals surface area (Å²) in [5.41, 5.74) is 0.762. The molecule has 0 saturated carbocycles. The Morgan fingerprint density at radius 1 is 1.42 bits per heavy atom. The summed E-state index contributed by atoms with van der Waals surface area (Å²) in [6.45, 7) is 7.80. The number of nitrogens with one attached hydrogen (secondary N) is 1. The maximum Gasteiger partial charge on any atom is 0.131 e.